The molecule has 0 spiro atoms. The number of hydrogen-bond donors (Lipinski definition) is 1. The monoisotopic (exact) mass is 172 g/mol. The lowest BCUT2D eigenvalue weighted by Gasteiger charge is -2.14. The van der Waals surface area contributed by atoms with Crippen molar-refractivity contribution in [3.8, 4) is 0 Å². The van der Waals surface area contributed by atoms with Crippen LogP contribution in [0.1, 0.15) is 33.1 Å². The lowest BCUT2D eigenvalue weighted by atomic mass is 10.2. The largest absolute Gasteiger partial charge is 0.376 e. The molecule has 0 aromatic carbocycles. The lowest BCUT2D eigenvalue weighted by molar-refractivity contribution is 0.0584. The minimum atomic E-state index is -0.605. The molecule has 71 valence electrons. The fourth-order valence-electron chi connectivity index (χ4n) is 0.821. The zero-order chi connectivity index (χ0) is 9.40. The third-order valence-corrected chi connectivity index (χ3v) is 1.77. The van der Waals surface area contributed by atoms with Gasteiger partial charge in [0.15, 0.2) is 0 Å². The standard InChI is InChI=1S/C9H18NO2/c1-3-4-5-6-12-8(2)9(10)7-11/h8-9H,3-6,10H2,1-2H3/t8-,9-/m1/s1. The first-order chi connectivity index (χ1) is 5.72. The SMILES string of the molecule is CCCCCO[C@H](C)[C@H](N)[C]=O. The Kier molecular flexibility index (Phi) is 7.00. The van der Waals surface area contributed by atoms with Gasteiger partial charge in [-0.3, -0.25) is 4.79 Å². The Balaban J connectivity index is 3.30. The maximum atomic E-state index is 10.1. The van der Waals surface area contributed by atoms with Gasteiger partial charge in [-0.25, -0.2) is 0 Å². The number of carbonyl (C=O) groups excluding carboxylic acids is 1. The highest BCUT2D eigenvalue weighted by Crippen LogP contribution is 1.99. The van der Waals surface area contributed by atoms with Crippen LogP contribution in [0.25, 0.3) is 0 Å². The molecule has 0 aromatic rings. The fraction of sp³-hybridized carbons (Fsp3) is 0.889. The molecule has 0 aliphatic rings. The predicted octanol–water partition coefficient (Wildman–Crippen LogP) is 1.02. The van der Waals surface area contributed by atoms with Crippen molar-refractivity contribution < 1.29 is 9.53 Å². The van der Waals surface area contributed by atoms with E-state index in [4.69, 9.17) is 10.5 Å². The van der Waals surface area contributed by atoms with Gasteiger partial charge in [-0.1, -0.05) is 19.8 Å². The minimum absolute atomic E-state index is 0.209. The lowest BCUT2D eigenvalue weighted by Crippen LogP contribution is -2.36. The van der Waals surface area contributed by atoms with Gasteiger partial charge in [0.1, 0.15) is 0 Å². The van der Waals surface area contributed by atoms with E-state index in [2.05, 4.69) is 6.92 Å². The van der Waals surface area contributed by atoms with Crippen LogP contribution >= 0.6 is 0 Å². The molecule has 0 heterocycles. The van der Waals surface area contributed by atoms with Gasteiger partial charge in [0.2, 0.25) is 6.29 Å². The Morgan fingerprint density at radius 2 is 2.17 bits per heavy atom. The van der Waals surface area contributed by atoms with E-state index in [0.29, 0.717) is 6.61 Å². The Morgan fingerprint density at radius 3 is 2.67 bits per heavy atom. The van der Waals surface area contributed by atoms with Crippen molar-refractivity contribution in [3.63, 3.8) is 0 Å². The van der Waals surface area contributed by atoms with Crippen molar-refractivity contribution in [3.05, 3.63) is 0 Å². The number of rotatable bonds is 7. The summed E-state index contributed by atoms with van der Waals surface area (Å²) < 4.78 is 5.31. The molecule has 3 nitrogen and oxygen atoms in total. The van der Waals surface area contributed by atoms with E-state index in [0.717, 1.165) is 12.8 Å². The number of ether oxygens (including phenoxy) is 1. The van der Waals surface area contributed by atoms with Gasteiger partial charge in [0, 0.05) is 6.61 Å². The third-order valence-electron chi connectivity index (χ3n) is 1.77. The summed E-state index contributed by atoms with van der Waals surface area (Å²) in [6.07, 6.45) is 4.86. The van der Waals surface area contributed by atoms with Gasteiger partial charge in [-0.2, -0.15) is 0 Å². The van der Waals surface area contributed by atoms with E-state index in [9.17, 15) is 4.79 Å². The first kappa shape index (κ1) is 11.6. The Labute approximate surface area is 74.3 Å². The zero-order valence-electron chi connectivity index (χ0n) is 7.88. The molecule has 0 aromatic heterocycles. The molecule has 1 radical (unpaired) electrons. The second-order valence-corrected chi connectivity index (χ2v) is 2.93. The van der Waals surface area contributed by atoms with Gasteiger partial charge < -0.3 is 10.5 Å². The molecular weight excluding hydrogens is 154 g/mol. The third kappa shape index (κ3) is 5.27. The van der Waals surface area contributed by atoms with Gasteiger partial charge in [-0.15, -0.1) is 0 Å². The second kappa shape index (κ2) is 7.25. The molecule has 0 bridgehead atoms. The summed E-state index contributed by atoms with van der Waals surface area (Å²) in [5.74, 6) is 0. The van der Waals surface area contributed by atoms with Crippen LogP contribution in [-0.2, 0) is 9.53 Å². The van der Waals surface area contributed by atoms with Crippen LogP contribution in [0.5, 0.6) is 0 Å². The van der Waals surface area contributed by atoms with Gasteiger partial charge in [0.25, 0.3) is 0 Å². The normalized spacial score (nSPS) is 15.6. The van der Waals surface area contributed by atoms with Crippen molar-refractivity contribution in [1.82, 2.24) is 0 Å². The van der Waals surface area contributed by atoms with E-state index in [1.165, 1.54) is 6.42 Å². The molecule has 2 atom stereocenters. The molecule has 0 rings (SSSR count). The van der Waals surface area contributed by atoms with E-state index in [1.54, 1.807) is 13.2 Å². The van der Waals surface area contributed by atoms with Crippen molar-refractivity contribution >= 4 is 6.29 Å². The zero-order valence-corrected chi connectivity index (χ0v) is 7.88. The van der Waals surface area contributed by atoms with E-state index in [-0.39, 0.29) is 6.10 Å². The fourth-order valence-corrected chi connectivity index (χ4v) is 0.821. The van der Waals surface area contributed by atoms with E-state index < -0.39 is 6.04 Å². The number of hydrogen-bond acceptors (Lipinski definition) is 3. The Hall–Kier alpha value is -0.410. The molecule has 0 fully saturated rings. The van der Waals surface area contributed by atoms with E-state index >= 15 is 0 Å². The average molecular weight is 172 g/mol. The molecule has 0 saturated carbocycles. The summed E-state index contributed by atoms with van der Waals surface area (Å²) in [5, 5.41) is 0. The smallest absolute Gasteiger partial charge is 0.219 e. The molecule has 12 heavy (non-hydrogen) atoms. The maximum absolute atomic E-state index is 10.1. The maximum Gasteiger partial charge on any atom is 0.219 e. The highest BCUT2D eigenvalue weighted by molar-refractivity contribution is 5.58. The highest BCUT2D eigenvalue weighted by Gasteiger charge is 2.11. The van der Waals surface area contributed by atoms with Gasteiger partial charge in [-0.05, 0) is 13.3 Å². The second-order valence-electron chi connectivity index (χ2n) is 2.93. The van der Waals surface area contributed by atoms with Crippen LogP contribution in [-0.4, -0.2) is 25.0 Å². The summed E-state index contributed by atoms with van der Waals surface area (Å²) in [6.45, 7) is 4.61. The molecule has 2 N–H and O–H groups in total. The van der Waals surface area contributed by atoms with Gasteiger partial charge >= 0.3 is 0 Å². The Bertz CT molecular complexity index is 117. The topological polar surface area (TPSA) is 52.3 Å². The van der Waals surface area contributed by atoms with Crippen LogP contribution in [0.15, 0.2) is 0 Å². The highest BCUT2D eigenvalue weighted by atomic mass is 16.5. The van der Waals surface area contributed by atoms with Crippen LogP contribution in [0.3, 0.4) is 0 Å². The van der Waals surface area contributed by atoms with E-state index in [1.807, 2.05) is 0 Å². The van der Waals surface area contributed by atoms with Crippen molar-refractivity contribution in [2.75, 3.05) is 6.61 Å². The van der Waals surface area contributed by atoms with Crippen molar-refractivity contribution in [2.24, 2.45) is 5.73 Å². The number of nitrogens with two attached hydrogens (primary N) is 1. The summed E-state index contributed by atoms with van der Waals surface area (Å²) in [5.41, 5.74) is 5.38. The quantitative estimate of drug-likeness (QED) is 0.583. The molecule has 0 aliphatic heterocycles. The van der Waals surface area contributed by atoms with Crippen LogP contribution < -0.4 is 5.73 Å². The van der Waals surface area contributed by atoms with Crippen molar-refractivity contribution in [1.29, 1.82) is 0 Å². The molecular formula is C9H18NO2. The minimum Gasteiger partial charge on any atom is -0.376 e. The molecule has 3 heteroatoms. The number of unbranched alkanes of at least 4 members (excludes halogenated alkanes) is 2. The molecule has 0 saturated heterocycles. The summed E-state index contributed by atoms with van der Waals surface area (Å²) in [6, 6.07) is -0.605. The molecule has 0 aliphatic carbocycles. The molecule has 0 amide bonds. The van der Waals surface area contributed by atoms with Crippen LogP contribution in [0.4, 0.5) is 0 Å². The first-order valence-corrected chi connectivity index (χ1v) is 4.47. The van der Waals surface area contributed by atoms with Gasteiger partial charge in [0.05, 0.1) is 12.1 Å². The Morgan fingerprint density at radius 1 is 1.50 bits per heavy atom. The first-order valence-electron chi connectivity index (χ1n) is 4.47. The average Bonchev–Trinajstić information content (AvgIpc) is 2.10. The molecule has 0 unspecified atom stereocenters. The van der Waals surface area contributed by atoms with Crippen LogP contribution in [0, 0.1) is 0 Å². The summed E-state index contributed by atoms with van der Waals surface area (Å²) in [7, 11) is 0. The summed E-state index contributed by atoms with van der Waals surface area (Å²) >= 11 is 0. The predicted molar refractivity (Wildman–Crippen MR) is 48.6 cm³/mol. The van der Waals surface area contributed by atoms with Crippen molar-refractivity contribution in [2.45, 2.75) is 45.3 Å². The van der Waals surface area contributed by atoms with Crippen LogP contribution in [0.2, 0.25) is 0 Å². The summed E-state index contributed by atoms with van der Waals surface area (Å²) in [4.78, 5) is 10.1.